The largest absolute Gasteiger partial charge is 0.492 e. The molecular weight excluding hydrogens is 458 g/mol. The first kappa shape index (κ1) is 25.7. The van der Waals surface area contributed by atoms with E-state index in [-0.39, 0.29) is 18.4 Å². The van der Waals surface area contributed by atoms with E-state index in [1.807, 2.05) is 30.5 Å². The Morgan fingerprint density at radius 2 is 1.94 bits per heavy atom. The molecule has 3 N–H and O–H groups in total. The van der Waals surface area contributed by atoms with Crippen molar-refractivity contribution in [2.75, 3.05) is 30.1 Å². The highest BCUT2D eigenvalue weighted by molar-refractivity contribution is 8.24. The lowest BCUT2D eigenvalue weighted by Gasteiger charge is -2.41. The number of carboxylic acid groups (broad SMARTS) is 1. The molecule has 0 amide bonds. The summed E-state index contributed by atoms with van der Waals surface area (Å²) in [5.74, 6) is -0.133. The molecule has 0 radical (unpaired) electrons. The van der Waals surface area contributed by atoms with Crippen molar-refractivity contribution >= 4 is 39.7 Å². The van der Waals surface area contributed by atoms with Gasteiger partial charge in [0.2, 0.25) is 0 Å². The minimum absolute atomic E-state index is 0.0265. The van der Waals surface area contributed by atoms with E-state index in [0.29, 0.717) is 22.9 Å². The van der Waals surface area contributed by atoms with Crippen LogP contribution in [0.4, 0.5) is 11.4 Å². The second-order valence-electron chi connectivity index (χ2n) is 8.65. The molecule has 1 atom stereocenters. The van der Waals surface area contributed by atoms with Gasteiger partial charge in [0.05, 0.1) is 28.5 Å². The molecule has 8 heteroatoms. The number of nitrogens with zero attached hydrogens (tertiary/aromatic N) is 1. The number of hydrogen-bond acceptors (Lipinski definition) is 6. The molecule has 0 fully saturated rings. The Labute approximate surface area is 202 Å². The fourth-order valence-electron chi connectivity index (χ4n) is 4.43. The van der Waals surface area contributed by atoms with Crippen LogP contribution in [-0.2, 0) is 4.79 Å². The fourth-order valence-corrected chi connectivity index (χ4v) is 7.22. The van der Waals surface area contributed by atoms with Gasteiger partial charge in [0.25, 0.3) is 0 Å². The summed E-state index contributed by atoms with van der Waals surface area (Å²) >= 11 is 1.50. The Morgan fingerprint density at radius 1 is 1.21 bits per heavy atom. The van der Waals surface area contributed by atoms with Crippen molar-refractivity contribution in [3.63, 3.8) is 0 Å². The fraction of sp³-hybridized carbons (Fsp3) is 0.480. The molecule has 33 heavy (non-hydrogen) atoms. The molecule has 0 bridgehead atoms. The number of para-hydroxylation sites is 1. The molecule has 1 heterocycles. The number of ether oxygens (including phenoxy) is 1. The SMILES string of the molecule is CCCCC1(CC)CN(c2ccccc2)c2cc(SC)c(OCCC(=O)O)cc2S(O)(O)C1. The van der Waals surface area contributed by atoms with Crippen molar-refractivity contribution < 1.29 is 23.7 Å². The van der Waals surface area contributed by atoms with E-state index < -0.39 is 16.6 Å². The summed E-state index contributed by atoms with van der Waals surface area (Å²) in [6.07, 6.45) is 5.67. The van der Waals surface area contributed by atoms with Gasteiger partial charge in [-0.25, -0.2) is 0 Å². The average Bonchev–Trinajstić information content (AvgIpc) is 2.90. The van der Waals surface area contributed by atoms with Crippen LogP contribution in [0.1, 0.15) is 46.0 Å². The minimum Gasteiger partial charge on any atom is -0.492 e. The van der Waals surface area contributed by atoms with Gasteiger partial charge < -0.3 is 14.7 Å². The van der Waals surface area contributed by atoms with Gasteiger partial charge in [-0.1, -0.05) is 44.9 Å². The maximum atomic E-state index is 11.5. The van der Waals surface area contributed by atoms with E-state index in [2.05, 4.69) is 30.9 Å². The molecule has 0 spiro atoms. The van der Waals surface area contributed by atoms with E-state index in [4.69, 9.17) is 9.84 Å². The van der Waals surface area contributed by atoms with Crippen LogP contribution in [0.2, 0.25) is 0 Å². The molecule has 1 aliphatic heterocycles. The summed E-state index contributed by atoms with van der Waals surface area (Å²) in [4.78, 5) is 14.5. The third-order valence-corrected chi connectivity index (χ3v) is 9.15. The number of unbranched alkanes of at least 4 members (excludes halogenated alkanes) is 1. The quantitative estimate of drug-likeness (QED) is 0.304. The lowest BCUT2D eigenvalue weighted by molar-refractivity contribution is -0.137. The van der Waals surface area contributed by atoms with E-state index in [9.17, 15) is 13.9 Å². The molecule has 3 rings (SSSR count). The third-order valence-electron chi connectivity index (χ3n) is 6.34. The predicted molar refractivity (Wildman–Crippen MR) is 138 cm³/mol. The number of fused-ring (bicyclic) bond motifs is 1. The second kappa shape index (κ2) is 11.0. The zero-order chi connectivity index (χ0) is 24.1. The lowest BCUT2D eigenvalue weighted by Crippen LogP contribution is -2.37. The number of hydrogen-bond donors (Lipinski definition) is 3. The Balaban J connectivity index is 2.16. The average molecular weight is 494 g/mol. The Morgan fingerprint density at radius 3 is 2.55 bits per heavy atom. The summed E-state index contributed by atoms with van der Waals surface area (Å²) in [5.41, 5.74) is 1.55. The van der Waals surface area contributed by atoms with Crippen LogP contribution in [0.3, 0.4) is 0 Å². The highest BCUT2D eigenvalue weighted by Gasteiger charge is 2.42. The molecule has 0 saturated heterocycles. The Hall–Kier alpha value is -1.87. The van der Waals surface area contributed by atoms with Crippen LogP contribution in [0.25, 0.3) is 0 Å². The number of benzene rings is 2. The maximum absolute atomic E-state index is 11.5. The molecule has 182 valence electrons. The normalized spacial score (nSPS) is 20.6. The van der Waals surface area contributed by atoms with Crippen molar-refractivity contribution in [3.8, 4) is 5.75 Å². The number of carboxylic acids is 1. The molecule has 0 aromatic heterocycles. The van der Waals surface area contributed by atoms with Crippen LogP contribution >= 0.6 is 22.4 Å². The number of aliphatic carboxylic acids is 1. The van der Waals surface area contributed by atoms with E-state index >= 15 is 0 Å². The van der Waals surface area contributed by atoms with Gasteiger partial charge in [-0.15, -0.1) is 11.8 Å². The number of rotatable bonds is 10. The van der Waals surface area contributed by atoms with E-state index in [0.717, 1.165) is 42.0 Å². The molecule has 2 aromatic rings. The summed E-state index contributed by atoms with van der Waals surface area (Å²) in [6.45, 7) is 5.02. The Kier molecular flexibility index (Phi) is 8.61. The molecule has 2 aromatic carbocycles. The smallest absolute Gasteiger partial charge is 0.306 e. The summed E-state index contributed by atoms with van der Waals surface area (Å²) < 4.78 is 28.8. The van der Waals surface area contributed by atoms with Crippen molar-refractivity contribution in [2.45, 2.75) is 55.7 Å². The van der Waals surface area contributed by atoms with Gasteiger partial charge in [-0.3, -0.25) is 13.9 Å². The van der Waals surface area contributed by atoms with Crippen LogP contribution in [0.5, 0.6) is 5.75 Å². The van der Waals surface area contributed by atoms with Crippen LogP contribution in [0.15, 0.2) is 52.3 Å². The zero-order valence-electron chi connectivity index (χ0n) is 19.6. The topological polar surface area (TPSA) is 90.2 Å². The Bertz CT molecular complexity index is 953. The number of carbonyl (C=O) groups is 1. The molecular formula is C25H35NO5S2. The first-order chi connectivity index (χ1) is 15.7. The third kappa shape index (κ3) is 5.98. The van der Waals surface area contributed by atoms with E-state index in [1.54, 1.807) is 6.07 Å². The first-order valence-corrected chi connectivity index (χ1v) is 14.3. The maximum Gasteiger partial charge on any atom is 0.306 e. The molecule has 1 unspecified atom stereocenters. The van der Waals surface area contributed by atoms with E-state index in [1.165, 1.54) is 11.8 Å². The van der Waals surface area contributed by atoms with Gasteiger partial charge in [0.15, 0.2) is 0 Å². The molecule has 6 nitrogen and oxygen atoms in total. The molecule has 0 aliphatic carbocycles. The monoisotopic (exact) mass is 493 g/mol. The van der Waals surface area contributed by atoms with Gasteiger partial charge in [-0.2, -0.15) is 10.6 Å². The number of thioether (sulfide) groups is 1. The zero-order valence-corrected chi connectivity index (χ0v) is 21.3. The van der Waals surface area contributed by atoms with Gasteiger partial charge in [0.1, 0.15) is 5.75 Å². The van der Waals surface area contributed by atoms with Crippen molar-refractivity contribution in [2.24, 2.45) is 5.41 Å². The molecule has 0 saturated carbocycles. The highest BCUT2D eigenvalue weighted by atomic mass is 32.3. The minimum atomic E-state index is -3.11. The lowest BCUT2D eigenvalue weighted by atomic mass is 9.81. The first-order valence-electron chi connectivity index (χ1n) is 11.4. The van der Waals surface area contributed by atoms with Gasteiger partial charge in [-0.05, 0) is 37.3 Å². The van der Waals surface area contributed by atoms with Crippen LogP contribution < -0.4 is 9.64 Å². The van der Waals surface area contributed by atoms with Crippen LogP contribution in [0, 0.1) is 5.41 Å². The standard InChI is InChI=1S/C25H35NO5S2/c1-4-6-13-25(5-2)17-26(19-10-8-7-9-11-19)20-15-22(32-3)21(31-14-12-24(27)28)16-23(20)33(29,30)18-25/h7-11,15-16,29-30H,4-6,12-14,17-18H2,1-3H3,(H,27,28). The van der Waals surface area contributed by atoms with Crippen molar-refractivity contribution in [1.29, 1.82) is 0 Å². The van der Waals surface area contributed by atoms with Crippen LogP contribution in [-0.4, -0.2) is 45.3 Å². The summed E-state index contributed by atoms with van der Waals surface area (Å²) in [7, 11) is -3.11. The van der Waals surface area contributed by atoms with Crippen molar-refractivity contribution in [3.05, 3.63) is 42.5 Å². The highest BCUT2D eigenvalue weighted by Crippen LogP contribution is 2.62. The second-order valence-corrected chi connectivity index (χ2v) is 11.6. The summed E-state index contributed by atoms with van der Waals surface area (Å²) in [6, 6.07) is 13.8. The molecule has 1 aliphatic rings. The van der Waals surface area contributed by atoms with Crippen molar-refractivity contribution in [1.82, 2.24) is 0 Å². The predicted octanol–water partition coefficient (Wildman–Crippen LogP) is 7.11. The van der Waals surface area contributed by atoms with Gasteiger partial charge in [0, 0.05) is 29.5 Å². The summed E-state index contributed by atoms with van der Waals surface area (Å²) in [5, 5.41) is 8.98. The number of anilines is 2. The van der Waals surface area contributed by atoms with Gasteiger partial charge >= 0.3 is 5.97 Å².